The number of hydrogen-bond acceptors (Lipinski definition) is 4. The van der Waals surface area contributed by atoms with Crippen LogP contribution in [-0.4, -0.2) is 42.0 Å². The first-order valence-electron chi connectivity index (χ1n) is 11.9. The lowest BCUT2D eigenvalue weighted by molar-refractivity contribution is 0.0792. The normalized spacial score (nSPS) is 12.7. The molecular formula is C26H38N4O3Si. The van der Waals surface area contributed by atoms with Crippen molar-refractivity contribution in [1.82, 2.24) is 19.7 Å². The zero-order valence-electron chi connectivity index (χ0n) is 21.5. The highest BCUT2D eigenvalue weighted by molar-refractivity contribution is 6.76. The number of aromatic nitrogens is 3. The quantitative estimate of drug-likeness (QED) is 0.279. The number of benzene rings is 1. The monoisotopic (exact) mass is 482 g/mol. The second-order valence-electron chi connectivity index (χ2n) is 10.1. The van der Waals surface area contributed by atoms with E-state index in [1.165, 1.54) is 0 Å². The fraction of sp³-hybridized carbons (Fsp3) is 0.462. The van der Waals surface area contributed by atoms with Crippen molar-refractivity contribution in [3.8, 4) is 17.0 Å². The van der Waals surface area contributed by atoms with Gasteiger partial charge in [0.25, 0.3) is 5.91 Å². The molecule has 0 bridgehead atoms. The van der Waals surface area contributed by atoms with Crippen molar-refractivity contribution in [2.24, 2.45) is 0 Å². The molecule has 1 unspecified atom stereocenters. The number of nitrogens with one attached hydrogen (secondary N) is 1. The molecule has 1 atom stereocenters. The predicted molar refractivity (Wildman–Crippen MR) is 139 cm³/mol. The van der Waals surface area contributed by atoms with E-state index >= 15 is 0 Å². The fourth-order valence-electron chi connectivity index (χ4n) is 3.61. The van der Waals surface area contributed by atoms with Gasteiger partial charge in [-0.25, -0.2) is 0 Å². The minimum absolute atomic E-state index is 0.216. The lowest BCUT2D eigenvalue weighted by atomic mass is 10.1. The summed E-state index contributed by atoms with van der Waals surface area (Å²) in [6, 6.07) is 13.2. The summed E-state index contributed by atoms with van der Waals surface area (Å²) in [5, 5.41) is 7.27. The molecule has 0 aliphatic heterocycles. The summed E-state index contributed by atoms with van der Waals surface area (Å²) in [5.41, 5.74) is 3.24. The molecule has 1 N–H and O–H groups in total. The fourth-order valence-corrected chi connectivity index (χ4v) is 4.37. The summed E-state index contributed by atoms with van der Waals surface area (Å²) in [7, 11) is 0.401. The van der Waals surface area contributed by atoms with Crippen molar-refractivity contribution in [2.75, 3.05) is 13.7 Å². The molecule has 1 aromatic carbocycles. The Morgan fingerprint density at radius 1 is 1.15 bits per heavy atom. The third kappa shape index (κ3) is 6.39. The molecule has 0 aliphatic rings. The van der Waals surface area contributed by atoms with E-state index in [9.17, 15) is 4.79 Å². The number of hydrogen-bond donors (Lipinski definition) is 1. The summed E-state index contributed by atoms with van der Waals surface area (Å²) >= 11 is 0. The topological polar surface area (TPSA) is 70.3 Å². The lowest BCUT2D eigenvalue weighted by Gasteiger charge is -2.18. The van der Waals surface area contributed by atoms with Crippen LogP contribution in [0.5, 0.6) is 5.75 Å². The zero-order valence-corrected chi connectivity index (χ0v) is 22.5. The van der Waals surface area contributed by atoms with Crippen LogP contribution in [0, 0.1) is 0 Å². The molecule has 0 fully saturated rings. The van der Waals surface area contributed by atoms with Crippen molar-refractivity contribution >= 4 is 14.0 Å². The number of amides is 1. The van der Waals surface area contributed by atoms with Gasteiger partial charge in [0.15, 0.2) is 11.4 Å². The number of ether oxygens (including phenoxy) is 2. The molecule has 34 heavy (non-hydrogen) atoms. The largest absolute Gasteiger partial charge is 0.484 e. The first-order valence-corrected chi connectivity index (χ1v) is 15.6. The predicted octanol–water partition coefficient (Wildman–Crippen LogP) is 5.74. The Bertz CT molecular complexity index is 1080. The second-order valence-corrected chi connectivity index (χ2v) is 15.7. The van der Waals surface area contributed by atoms with Crippen molar-refractivity contribution in [1.29, 1.82) is 0 Å². The molecule has 0 saturated heterocycles. The van der Waals surface area contributed by atoms with Crippen molar-refractivity contribution in [3.05, 3.63) is 60.0 Å². The van der Waals surface area contributed by atoms with Gasteiger partial charge in [-0.2, -0.15) is 5.10 Å². The maximum Gasteiger partial charge on any atom is 0.271 e. The molecule has 2 aromatic heterocycles. The van der Waals surface area contributed by atoms with Crippen molar-refractivity contribution < 1.29 is 14.3 Å². The standard InChI is InChI=1S/C26H38N4O3Si/c1-19(2)30-17-22(16-28-30)23-15-24(33-20(3)21-11-9-8-10-12-21)25(26(31)27-4)29(23)18-32-13-14-34(5,6)7/h8-12,15-17,19-20H,13-14,18H2,1-7H3,(H,27,31). The lowest BCUT2D eigenvalue weighted by Crippen LogP contribution is -2.25. The van der Waals surface area contributed by atoms with E-state index in [-0.39, 0.29) is 24.8 Å². The Morgan fingerprint density at radius 2 is 1.85 bits per heavy atom. The Hall–Kier alpha value is -2.84. The van der Waals surface area contributed by atoms with Gasteiger partial charge in [0.1, 0.15) is 12.8 Å². The van der Waals surface area contributed by atoms with Crippen molar-refractivity contribution in [2.45, 2.75) is 65.3 Å². The number of nitrogens with zero attached hydrogens (tertiary/aromatic N) is 3. The van der Waals surface area contributed by atoms with Gasteiger partial charge in [-0.15, -0.1) is 0 Å². The Morgan fingerprint density at radius 3 is 2.44 bits per heavy atom. The van der Waals surface area contributed by atoms with E-state index in [0.717, 1.165) is 22.9 Å². The summed E-state index contributed by atoms with van der Waals surface area (Å²) < 4.78 is 16.2. The number of rotatable bonds is 11. The molecule has 0 radical (unpaired) electrons. The van der Waals surface area contributed by atoms with Crippen LogP contribution in [0.4, 0.5) is 0 Å². The van der Waals surface area contributed by atoms with Gasteiger partial charge in [0.05, 0.1) is 11.9 Å². The minimum Gasteiger partial charge on any atom is -0.484 e. The first kappa shape index (κ1) is 25.8. The Labute approximate surface area is 204 Å². The van der Waals surface area contributed by atoms with Gasteiger partial charge in [-0.1, -0.05) is 50.0 Å². The molecular weight excluding hydrogens is 444 g/mol. The average Bonchev–Trinajstić information content (AvgIpc) is 3.41. The maximum atomic E-state index is 13.0. The summed E-state index contributed by atoms with van der Waals surface area (Å²) in [6.45, 7) is 14.0. The summed E-state index contributed by atoms with van der Waals surface area (Å²) in [5.74, 6) is 0.309. The Kier molecular flexibility index (Phi) is 8.38. The second kappa shape index (κ2) is 11.1. The zero-order chi connectivity index (χ0) is 24.9. The van der Waals surface area contributed by atoms with Crippen LogP contribution in [0.2, 0.25) is 25.7 Å². The van der Waals surface area contributed by atoms with Gasteiger partial charge in [-0.3, -0.25) is 9.48 Å². The van der Waals surface area contributed by atoms with E-state index < -0.39 is 8.07 Å². The molecule has 2 heterocycles. The van der Waals surface area contributed by atoms with Crippen molar-refractivity contribution in [3.63, 3.8) is 0 Å². The molecule has 8 heteroatoms. The first-order chi connectivity index (χ1) is 16.1. The molecule has 0 saturated carbocycles. The average molecular weight is 483 g/mol. The van der Waals surface area contributed by atoms with Crippen LogP contribution in [0.1, 0.15) is 49.0 Å². The molecule has 184 valence electrons. The van der Waals surface area contributed by atoms with E-state index in [1.54, 1.807) is 7.05 Å². The summed E-state index contributed by atoms with van der Waals surface area (Å²) in [6.07, 6.45) is 3.60. The van der Waals surface area contributed by atoms with Crippen LogP contribution in [0.3, 0.4) is 0 Å². The molecule has 3 rings (SSSR count). The third-order valence-electron chi connectivity index (χ3n) is 5.72. The number of carbonyl (C=O) groups is 1. The smallest absolute Gasteiger partial charge is 0.271 e. The highest BCUT2D eigenvalue weighted by Gasteiger charge is 2.25. The Balaban J connectivity index is 2.01. The maximum absolute atomic E-state index is 13.0. The van der Waals surface area contributed by atoms with Crippen LogP contribution in [0.15, 0.2) is 48.8 Å². The molecule has 3 aromatic rings. The van der Waals surface area contributed by atoms with E-state index in [1.807, 2.05) is 65.0 Å². The third-order valence-corrected chi connectivity index (χ3v) is 7.42. The van der Waals surface area contributed by atoms with E-state index in [0.29, 0.717) is 18.1 Å². The number of carbonyl (C=O) groups excluding carboxylic acids is 1. The van der Waals surface area contributed by atoms with E-state index in [4.69, 9.17) is 9.47 Å². The van der Waals surface area contributed by atoms with Crippen LogP contribution in [0.25, 0.3) is 11.3 Å². The SMILES string of the molecule is CNC(=O)c1c(OC(C)c2ccccc2)cc(-c2cnn(C(C)C)c2)n1COCC[Si](C)(C)C. The van der Waals surface area contributed by atoms with Gasteiger partial charge in [-0.05, 0) is 32.4 Å². The molecule has 7 nitrogen and oxygen atoms in total. The highest BCUT2D eigenvalue weighted by atomic mass is 28.3. The van der Waals surface area contributed by atoms with Crippen LogP contribution < -0.4 is 10.1 Å². The van der Waals surface area contributed by atoms with Crippen LogP contribution in [-0.2, 0) is 11.5 Å². The summed E-state index contributed by atoms with van der Waals surface area (Å²) in [4.78, 5) is 13.0. The molecule has 0 spiro atoms. The molecule has 0 aliphatic carbocycles. The van der Waals surface area contributed by atoms with E-state index in [2.05, 4.69) is 43.9 Å². The van der Waals surface area contributed by atoms with Gasteiger partial charge in [0, 0.05) is 45.6 Å². The van der Waals surface area contributed by atoms with Gasteiger partial charge in [0.2, 0.25) is 0 Å². The highest BCUT2D eigenvalue weighted by Crippen LogP contribution is 2.34. The minimum atomic E-state index is -1.23. The van der Waals surface area contributed by atoms with Crippen LogP contribution >= 0.6 is 0 Å². The molecule has 1 amide bonds. The van der Waals surface area contributed by atoms with Gasteiger partial charge < -0.3 is 19.4 Å². The van der Waals surface area contributed by atoms with Gasteiger partial charge >= 0.3 is 0 Å².